The summed E-state index contributed by atoms with van der Waals surface area (Å²) in [4.78, 5) is 35.2. The normalized spacial score (nSPS) is 11.3. The average molecular weight is 377 g/mol. The van der Waals surface area contributed by atoms with Gasteiger partial charge in [-0.15, -0.1) is 0 Å². The maximum atomic E-state index is 12.1. The van der Waals surface area contributed by atoms with E-state index in [0.29, 0.717) is 11.4 Å². The molecule has 2 aromatic rings. The largest absolute Gasteiger partial charge is 0.507 e. The molecule has 2 rings (SSSR count). The van der Waals surface area contributed by atoms with Crippen molar-refractivity contribution < 1.29 is 24.2 Å². The zero-order valence-electron chi connectivity index (χ0n) is 14.1. The second-order valence-corrected chi connectivity index (χ2v) is 5.89. The third kappa shape index (κ3) is 5.22. The Morgan fingerprint density at radius 3 is 2.19 bits per heavy atom. The molecule has 2 aromatic carbocycles. The van der Waals surface area contributed by atoms with Crippen LogP contribution >= 0.6 is 11.6 Å². The highest BCUT2D eigenvalue weighted by Crippen LogP contribution is 2.23. The quantitative estimate of drug-likeness (QED) is 0.695. The van der Waals surface area contributed by atoms with Crippen LogP contribution in [0.2, 0.25) is 5.02 Å². The Labute approximate surface area is 154 Å². The number of phenolic OH excluding ortho intramolecular Hbond substituents is 1. The van der Waals surface area contributed by atoms with E-state index in [0.717, 1.165) is 0 Å². The molecule has 0 aliphatic carbocycles. The van der Waals surface area contributed by atoms with Gasteiger partial charge in [0.25, 0.3) is 5.91 Å². The number of carbonyl (C=O) groups is 3. The molecule has 3 N–H and O–H groups in total. The van der Waals surface area contributed by atoms with Gasteiger partial charge in [0.2, 0.25) is 5.91 Å². The minimum Gasteiger partial charge on any atom is -0.507 e. The molecule has 0 radical (unpaired) electrons. The number of hydrogen-bond acceptors (Lipinski definition) is 5. The van der Waals surface area contributed by atoms with Crippen molar-refractivity contribution in [1.82, 2.24) is 0 Å². The number of amides is 2. The second kappa shape index (κ2) is 8.35. The molecule has 2 amide bonds. The minimum atomic E-state index is -1.10. The standard InChI is InChI=1S/C18H17ClN2O5/c1-10(26-18(25)15-9-12(19)3-8-16(15)23)17(24)21-14-6-4-13(5-7-14)20-11(2)22/h3-10,23H,1-2H3,(H,20,22)(H,21,24)/t10-/m0/s1. The Bertz CT molecular complexity index is 836. The molecule has 0 heterocycles. The van der Waals surface area contributed by atoms with Gasteiger partial charge in [-0.2, -0.15) is 0 Å². The molecule has 0 unspecified atom stereocenters. The van der Waals surface area contributed by atoms with E-state index >= 15 is 0 Å². The third-order valence-corrected chi connectivity index (χ3v) is 3.54. The van der Waals surface area contributed by atoms with Gasteiger partial charge in [-0.05, 0) is 49.4 Å². The van der Waals surface area contributed by atoms with Crippen molar-refractivity contribution in [3.05, 3.63) is 53.1 Å². The van der Waals surface area contributed by atoms with E-state index in [1.54, 1.807) is 24.3 Å². The number of phenols is 1. The first-order chi connectivity index (χ1) is 12.3. The van der Waals surface area contributed by atoms with E-state index in [1.165, 1.54) is 32.0 Å². The Hall–Kier alpha value is -3.06. The topological polar surface area (TPSA) is 105 Å². The molecular formula is C18H17ClN2O5. The monoisotopic (exact) mass is 376 g/mol. The highest BCUT2D eigenvalue weighted by atomic mass is 35.5. The van der Waals surface area contributed by atoms with E-state index in [1.807, 2.05) is 0 Å². The zero-order valence-corrected chi connectivity index (χ0v) is 14.8. The number of benzene rings is 2. The van der Waals surface area contributed by atoms with Crippen LogP contribution in [-0.4, -0.2) is 29.0 Å². The maximum absolute atomic E-state index is 12.1. The lowest BCUT2D eigenvalue weighted by Crippen LogP contribution is -2.30. The number of nitrogens with one attached hydrogen (secondary N) is 2. The van der Waals surface area contributed by atoms with Gasteiger partial charge in [0.05, 0.1) is 0 Å². The van der Waals surface area contributed by atoms with Gasteiger partial charge in [-0.25, -0.2) is 4.79 Å². The number of rotatable bonds is 5. The fourth-order valence-corrected chi connectivity index (χ4v) is 2.21. The lowest BCUT2D eigenvalue weighted by atomic mass is 10.2. The number of esters is 1. The molecule has 0 fully saturated rings. The number of aromatic hydroxyl groups is 1. The van der Waals surface area contributed by atoms with Crippen molar-refractivity contribution in [2.45, 2.75) is 20.0 Å². The van der Waals surface area contributed by atoms with Crippen LogP contribution in [0.3, 0.4) is 0 Å². The van der Waals surface area contributed by atoms with Crippen LogP contribution in [0.4, 0.5) is 11.4 Å². The Kier molecular flexibility index (Phi) is 6.19. The number of anilines is 2. The average Bonchev–Trinajstić information content (AvgIpc) is 2.58. The molecule has 136 valence electrons. The smallest absolute Gasteiger partial charge is 0.342 e. The summed E-state index contributed by atoms with van der Waals surface area (Å²) in [5, 5.41) is 15.1. The van der Waals surface area contributed by atoms with Gasteiger partial charge >= 0.3 is 5.97 Å². The van der Waals surface area contributed by atoms with Gasteiger partial charge in [-0.3, -0.25) is 9.59 Å². The number of halogens is 1. The summed E-state index contributed by atoms with van der Waals surface area (Å²) in [7, 11) is 0. The summed E-state index contributed by atoms with van der Waals surface area (Å²) in [5.41, 5.74) is 0.931. The lowest BCUT2D eigenvalue weighted by Gasteiger charge is -2.14. The van der Waals surface area contributed by atoms with Crippen LogP contribution in [0.15, 0.2) is 42.5 Å². The fraction of sp³-hybridized carbons (Fsp3) is 0.167. The van der Waals surface area contributed by atoms with E-state index < -0.39 is 18.0 Å². The zero-order chi connectivity index (χ0) is 19.3. The number of carbonyl (C=O) groups excluding carboxylic acids is 3. The number of ether oxygens (including phenoxy) is 1. The summed E-state index contributed by atoms with van der Waals surface area (Å²) < 4.78 is 5.06. The van der Waals surface area contributed by atoms with Crippen LogP contribution in [0, 0.1) is 0 Å². The maximum Gasteiger partial charge on any atom is 0.342 e. The van der Waals surface area contributed by atoms with Crippen LogP contribution in [0.5, 0.6) is 5.75 Å². The third-order valence-electron chi connectivity index (χ3n) is 3.30. The molecule has 7 nitrogen and oxygen atoms in total. The Balaban J connectivity index is 1.97. The van der Waals surface area contributed by atoms with Crippen LogP contribution < -0.4 is 10.6 Å². The molecule has 0 aromatic heterocycles. The summed E-state index contributed by atoms with van der Waals surface area (Å²) in [6.07, 6.45) is -1.10. The molecule has 0 spiro atoms. The van der Waals surface area contributed by atoms with Crippen molar-refractivity contribution in [3.63, 3.8) is 0 Å². The van der Waals surface area contributed by atoms with E-state index in [-0.39, 0.29) is 22.2 Å². The predicted octanol–water partition coefficient (Wildman–Crippen LogP) is 3.19. The Morgan fingerprint density at radius 1 is 1.04 bits per heavy atom. The SMILES string of the molecule is CC(=O)Nc1ccc(NC(=O)[C@H](C)OC(=O)c2cc(Cl)ccc2O)cc1. The van der Waals surface area contributed by atoms with Gasteiger partial charge in [0.15, 0.2) is 6.10 Å². The summed E-state index contributed by atoms with van der Waals surface area (Å²) in [6.45, 7) is 2.80. The first kappa shape index (κ1) is 19.3. The second-order valence-electron chi connectivity index (χ2n) is 5.46. The summed E-state index contributed by atoms with van der Waals surface area (Å²) >= 11 is 5.79. The van der Waals surface area contributed by atoms with E-state index in [9.17, 15) is 19.5 Å². The Morgan fingerprint density at radius 2 is 1.62 bits per heavy atom. The first-order valence-corrected chi connectivity index (χ1v) is 8.02. The van der Waals surface area contributed by atoms with Crippen LogP contribution in [0.1, 0.15) is 24.2 Å². The molecule has 26 heavy (non-hydrogen) atoms. The summed E-state index contributed by atoms with van der Waals surface area (Å²) in [6, 6.07) is 10.4. The van der Waals surface area contributed by atoms with Crippen molar-refractivity contribution in [1.29, 1.82) is 0 Å². The highest BCUT2D eigenvalue weighted by Gasteiger charge is 2.21. The molecular weight excluding hydrogens is 360 g/mol. The number of hydrogen-bond donors (Lipinski definition) is 3. The van der Waals surface area contributed by atoms with Crippen LogP contribution in [-0.2, 0) is 14.3 Å². The molecule has 8 heteroatoms. The van der Waals surface area contributed by atoms with Gasteiger partial charge in [0.1, 0.15) is 11.3 Å². The summed E-state index contributed by atoms with van der Waals surface area (Å²) in [5.74, 6) is -1.91. The molecule has 0 aliphatic heterocycles. The van der Waals surface area contributed by atoms with E-state index in [4.69, 9.17) is 16.3 Å². The fourth-order valence-electron chi connectivity index (χ4n) is 2.03. The first-order valence-electron chi connectivity index (χ1n) is 7.64. The van der Waals surface area contributed by atoms with Gasteiger partial charge in [-0.1, -0.05) is 11.6 Å². The molecule has 0 saturated carbocycles. The molecule has 0 saturated heterocycles. The minimum absolute atomic E-state index is 0.128. The van der Waals surface area contributed by atoms with Crippen molar-refractivity contribution in [2.75, 3.05) is 10.6 Å². The van der Waals surface area contributed by atoms with Gasteiger partial charge < -0.3 is 20.5 Å². The van der Waals surface area contributed by atoms with Crippen LogP contribution in [0.25, 0.3) is 0 Å². The predicted molar refractivity (Wildman–Crippen MR) is 97.4 cm³/mol. The molecule has 1 atom stereocenters. The highest BCUT2D eigenvalue weighted by molar-refractivity contribution is 6.31. The van der Waals surface area contributed by atoms with Gasteiger partial charge in [0, 0.05) is 23.3 Å². The van der Waals surface area contributed by atoms with E-state index in [2.05, 4.69) is 10.6 Å². The van der Waals surface area contributed by atoms with Crippen molar-refractivity contribution in [2.24, 2.45) is 0 Å². The molecule has 0 aliphatic rings. The molecule has 0 bridgehead atoms. The van der Waals surface area contributed by atoms with Crippen molar-refractivity contribution >= 4 is 40.8 Å². The van der Waals surface area contributed by atoms with Crippen molar-refractivity contribution in [3.8, 4) is 5.75 Å². The lowest BCUT2D eigenvalue weighted by molar-refractivity contribution is -0.123.